The molecule has 0 spiro atoms. The van der Waals surface area contributed by atoms with Gasteiger partial charge in [0.2, 0.25) is 0 Å². The highest BCUT2D eigenvalue weighted by Crippen LogP contribution is 2.30. The van der Waals surface area contributed by atoms with Gasteiger partial charge in [0.25, 0.3) is 0 Å². The third-order valence-corrected chi connectivity index (χ3v) is 4.21. The fourth-order valence-corrected chi connectivity index (χ4v) is 3.00. The fourth-order valence-electron chi connectivity index (χ4n) is 2.55. The van der Waals surface area contributed by atoms with Crippen molar-refractivity contribution in [2.24, 2.45) is 5.92 Å². The zero-order valence-electron chi connectivity index (χ0n) is 10.6. The van der Waals surface area contributed by atoms with Crippen molar-refractivity contribution in [3.63, 3.8) is 0 Å². The van der Waals surface area contributed by atoms with Crippen LogP contribution in [0.3, 0.4) is 0 Å². The van der Waals surface area contributed by atoms with E-state index in [9.17, 15) is 5.26 Å². The normalized spacial score (nSPS) is 16.6. The first-order valence-corrected chi connectivity index (χ1v) is 7.13. The average Bonchev–Trinajstić information content (AvgIpc) is 2.40. The summed E-state index contributed by atoms with van der Waals surface area (Å²) in [6.45, 7) is 3.17. The maximum Gasteiger partial charge on any atom is 0.103 e. The van der Waals surface area contributed by atoms with Gasteiger partial charge in [0.15, 0.2) is 0 Å². The highest BCUT2D eigenvalue weighted by atomic mass is 79.9. The minimum atomic E-state index is 0.754. The maximum absolute atomic E-state index is 9.25. The van der Waals surface area contributed by atoms with Crippen molar-refractivity contribution >= 4 is 21.6 Å². The number of nitrogens with zero attached hydrogens (tertiary/aromatic N) is 2. The molecule has 0 bridgehead atoms. The molecule has 0 amide bonds. The summed E-state index contributed by atoms with van der Waals surface area (Å²) in [7, 11) is 2.01. The van der Waals surface area contributed by atoms with E-state index in [4.69, 9.17) is 0 Å². The van der Waals surface area contributed by atoms with Crippen LogP contribution in [0.1, 0.15) is 18.4 Å². The summed E-state index contributed by atoms with van der Waals surface area (Å²) >= 11 is 3.45. The fraction of sp³-hybridized carbons (Fsp3) is 0.500. The second kappa shape index (κ2) is 6.21. The van der Waals surface area contributed by atoms with E-state index in [2.05, 4.69) is 32.2 Å². The van der Waals surface area contributed by atoms with E-state index < -0.39 is 0 Å². The van der Waals surface area contributed by atoms with Crippen LogP contribution >= 0.6 is 15.9 Å². The molecule has 1 saturated heterocycles. The third kappa shape index (κ3) is 2.85. The molecule has 96 valence electrons. The smallest absolute Gasteiger partial charge is 0.103 e. The number of hydrogen-bond acceptors (Lipinski definition) is 3. The number of benzene rings is 1. The van der Waals surface area contributed by atoms with Crippen LogP contribution in [0.4, 0.5) is 5.69 Å². The van der Waals surface area contributed by atoms with Crippen molar-refractivity contribution in [2.45, 2.75) is 12.8 Å². The quantitative estimate of drug-likeness (QED) is 0.933. The molecule has 1 aromatic carbocycles. The molecule has 0 aromatic heterocycles. The van der Waals surface area contributed by atoms with Crippen molar-refractivity contribution in [2.75, 3.05) is 31.6 Å². The molecule has 1 fully saturated rings. The van der Waals surface area contributed by atoms with E-state index in [0.29, 0.717) is 0 Å². The van der Waals surface area contributed by atoms with E-state index in [1.165, 1.54) is 12.8 Å². The number of halogens is 1. The molecule has 1 heterocycles. The van der Waals surface area contributed by atoms with Crippen LogP contribution in [0.2, 0.25) is 0 Å². The van der Waals surface area contributed by atoms with Gasteiger partial charge in [0.1, 0.15) is 6.07 Å². The van der Waals surface area contributed by atoms with Crippen LogP contribution < -0.4 is 10.2 Å². The molecule has 1 N–H and O–H groups in total. The Hall–Kier alpha value is -1.05. The Balaban J connectivity index is 2.10. The molecule has 3 nitrogen and oxygen atoms in total. The molecule has 0 unspecified atom stereocenters. The van der Waals surface area contributed by atoms with Gasteiger partial charge < -0.3 is 10.2 Å². The molecular weight excluding hydrogens is 290 g/mol. The van der Waals surface area contributed by atoms with Gasteiger partial charge in [-0.15, -0.1) is 0 Å². The molecule has 0 saturated carbocycles. The lowest BCUT2D eigenvalue weighted by atomic mass is 9.96. The van der Waals surface area contributed by atoms with Crippen LogP contribution in [-0.4, -0.2) is 26.7 Å². The lowest BCUT2D eigenvalue weighted by Crippen LogP contribution is -2.37. The Morgan fingerprint density at radius 2 is 2.17 bits per heavy atom. The number of nitriles is 1. The largest absolute Gasteiger partial charge is 0.370 e. The lowest BCUT2D eigenvalue weighted by molar-refractivity contribution is 0.393. The van der Waals surface area contributed by atoms with Crippen LogP contribution in [0.15, 0.2) is 22.7 Å². The zero-order valence-corrected chi connectivity index (χ0v) is 12.2. The zero-order chi connectivity index (χ0) is 13.0. The molecular formula is C14H18BrN3. The Morgan fingerprint density at radius 1 is 1.44 bits per heavy atom. The van der Waals surface area contributed by atoms with Crippen molar-refractivity contribution in [1.29, 1.82) is 5.26 Å². The summed E-state index contributed by atoms with van der Waals surface area (Å²) in [6, 6.07) is 8.27. The van der Waals surface area contributed by atoms with E-state index in [1.54, 1.807) is 0 Å². The summed E-state index contributed by atoms with van der Waals surface area (Å²) in [5.41, 5.74) is 1.82. The first kappa shape index (κ1) is 13.4. The Kier molecular flexibility index (Phi) is 4.62. The predicted molar refractivity (Wildman–Crippen MR) is 77.7 cm³/mol. The molecule has 0 atom stereocenters. The molecule has 0 aliphatic carbocycles. The second-order valence-corrected chi connectivity index (χ2v) is 5.59. The van der Waals surface area contributed by atoms with Crippen molar-refractivity contribution in [1.82, 2.24) is 5.32 Å². The van der Waals surface area contributed by atoms with Crippen LogP contribution in [0.5, 0.6) is 0 Å². The first-order chi connectivity index (χ1) is 8.76. The Morgan fingerprint density at radius 3 is 2.78 bits per heavy atom. The predicted octanol–water partition coefficient (Wildman–Crippen LogP) is 2.76. The highest BCUT2D eigenvalue weighted by molar-refractivity contribution is 9.10. The van der Waals surface area contributed by atoms with E-state index in [1.807, 2.05) is 25.2 Å². The second-order valence-electron chi connectivity index (χ2n) is 4.73. The van der Waals surface area contributed by atoms with Gasteiger partial charge in [0.05, 0.1) is 11.3 Å². The van der Waals surface area contributed by atoms with E-state index in [0.717, 1.165) is 41.3 Å². The van der Waals surface area contributed by atoms with Gasteiger partial charge in [-0.05, 0) is 60.4 Å². The number of hydrogen-bond donors (Lipinski definition) is 1. The minimum Gasteiger partial charge on any atom is -0.370 e. The lowest BCUT2D eigenvalue weighted by Gasteiger charge is -2.34. The van der Waals surface area contributed by atoms with Crippen LogP contribution in [0.25, 0.3) is 0 Å². The third-order valence-electron chi connectivity index (χ3n) is 3.55. The molecule has 4 heteroatoms. The van der Waals surface area contributed by atoms with Crippen molar-refractivity contribution in [3.8, 4) is 6.07 Å². The van der Waals surface area contributed by atoms with Crippen molar-refractivity contribution in [3.05, 3.63) is 28.2 Å². The number of anilines is 1. The molecule has 18 heavy (non-hydrogen) atoms. The first-order valence-electron chi connectivity index (χ1n) is 6.34. The van der Waals surface area contributed by atoms with Gasteiger partial charge in [-0.2, -0.15) is 5.26 Å². The Labute approximate surface area is 117 Å². The van der Waals surface area contributed by atoms with Crippen LogP contribution in [0, 0.1) is 17.2 Å². The minimum absolute atomic E-state index is 0.754. The van der Waals surface area contributed by atoms with Crippen LogP contribution in [-0.2, 0) is 0 Å². The summed E-state index contributed by atoms with van der Waals surface area (Å²) < 4.78 is 0.889. The summed E-state index contributed by atoms with van der Waals surface area (Å²) in [6.07, 6.45) is 2.39. The SMILES string of the molecule is CNCC1CCN(c2cccc(Br)c2C#N)CC1. The topological polar surface area (TPSA) is 39.1 Å². The van der Waals surface area contributed by atoms with E-state index in [-0.39, 0.29) is 0 Å². The molecule has 1 aliphatic heterocycles. The summed E-state index contributed by atoms with van der Waals surface area (Å²) in [5, 5.41) is 12.5. The number of piperidine rings is 1. The average molecular weight is 308 g/mol. The standard InChI is InChI=1S/C14H18BrN3/c1-17-10-11-5-7-18(8-6-11)14-4-2-3-13(15)12(14)9-16/h2-4,11,17H,5-8,10H2,1H3. The molecule has 0 radical (unpaired) electrons. The summed E-state index contributed by atoms with van der Waals surface area (Å²) in [5.74, 6) is 0.768. The van der Waals surface area contributed by atoms with Gasteiger partial charge in [0, 0.05) is 17.6 Å². The van der Waals surface area contributed by atoms with E-state index >= 15 is 0 Å². The maximum atomic E-state index is 9.25. The highest BCUT2D eigenvalue weighted by Gasteiger charge is 2.21. The van der Waals surface area contributed by atoms with Gasteiger partial charge in [-0.3, -0.25) is 0 Å². The summed E-state index contributed by atoms with van der Waals surface area (Å²) in [4.78, 5) is 2.33. The number of nitrogens with one attached hydrogen (secondary N) is 1. The molecule has 1 aliphatic rings. The van der Waals surface area contributed by atoms with Gasteiger partial charge >= 0.3 is 0 Å². The number of rotatable bonds is 3. The Bertz CT molecular complexity index is 445. The molecule has 1 aromatic rings. The van der Waals surface area contributed by atoms with Gasteiger partial charge in [-0.1, -0.05) is 6.07 Å². The molecule has 2 rings (SSSR count). The van der Waals surface area contributed by atoms with Crippen molar-refractivity contribution < 1.29 is 0 Å². The monoisotopic (exact) mass is 307 g/mol. The van der Waals surface area contributed by atoms with Gasteiger partial charge in [-0.25, -0.2) is 0 Å².